The van der Waals surface area contributed by atoms with Crippen molar-refractivity contribution in [3.63, 3.8) is 0 Å². The molecule has 1 aliphatic heterocycles. The number of carbonyl (C=O) groups excluding carboxylic acids is 3. The molecule has 2 heterocycles. The third kappa shape index (κ3) is 5.10. The van der Waals surface area contributed by atoms with Crippen LogP contribution >= 0.6 is 0 Å². The largest absolute Gasteiger partial charge is 0.487 e. The van der Waals surface area contributed by atoms with Crippen molar-refractivity contribution >= 4 is 23.2 Å². The Hall–Kier alpha value is -4.14. The lowest BCUT2D eigenvalue weighted by Gasteiger charge is -2.15. The van der Waals surface area contributed by atoms with Gasteiger partial charge < -0.3 is 9.64 Å². The summed E-state index contributed by atoms with van der Waals surface area (Å²) in [5.74, 6) is -0.532. The molecule has 2 aliphatic rings. The average Bonchev–Trinajstić information content (AvgIpc) is 3.62. The van der Waals surface area contributed by atoms with Crippen LogP contribution in [0.15, 0.2) is 60.8 Å². The van der Waals surface area contributed by atoms with E-state index in [0.29, 0.717) is 22.7 Å². The first kappa shape index (κ1) is 23.6. The molecule has 36 heavy (non-hydrogen) atoms. The zero-order valence-corrected chi connectivity index (χ0v) is 19.0. The Balaban J connectivity index is 1.12. The van der Waals surface area contributed by atoms with Gasteiger partial charge in [0.25, 0.3) is 11.7 Å². The molecule has 0 unspecified atom stereocenters. The molecule has 1 aliphatic carbocycles. The van der Waals surface area contributed by atoms with Crippen LogP contribution in [-0.4, -0.2) is 39.0 Å². The summed E-state index contributed by atoms with van der Waals surface area (Å²) in [6, 6.07) is 10.5. The maximum Gasteiger partial charge on any atom is 0.299 e. The lowest BCUT2D eigenvalue weighted by molar-refractivity contribution is -0.114. The monoisotopic (exact) mass is 483 g/mol. The SMILES string of the molecule is O=C(/C=C/[C]1[CH][CH][CH][CH]1)c1ccc(OCc2cn(CCN3C(=O)C(=O)c4cc(F)ccc43)nn2)cc1. The number of hydrogen-bond acceptors (Lipinski definition) is 6. The first-order valence-electron chi connectivity index (χ1n) is 11.2. The van der Waals surface area contributed by atoms with Gasteiger partial charge in [-0.3, -0.25) is 19.1 Å². The quantitative estimate of drug-likeness (QED) is 0.263. The number of carbonyl (C=O) groups is 3. The molecule has 1 fully saturated rings. The number of aromatic nitrogens is 3. The minimum Gasteiger partial charge on any atom is -0.487 e. The second-order valence-corrected chi connectivity index (χ2v) is 8.15. The number of allylic oxidation sites excluding steroid dienone is 2. The summed E-state index contributed by atoms with van der Waals surface area (Å²) in [4.78, 5) is 38.0. The average molecular weight is 483 g/mol. The fourth-order valence-electron chi connectivity index (χ4n) is 3.85. The predicted molar refractivity (Wildman–Crippen MR) is 128 cm³/mol. The molecular formula is C27H20FN4O4. The summed E-state index contributed by atoms with van der Waals surface area (Å²) in [7, 11) is 0. The van der Waals surface area contributed by atoms with Gasteiger partial charge >= 0.3 is 0 Å². The lowest BCUT2D eigenvalue weighted by Crippen LogP contribution is -2.32. The van der Waals surface area contributed by atoms with Gasteiger partial charge in [-0.1, -0.05) is 11.3 Å². The van der Waals surface area contributed by atoms with E-state index in [2.05, 4.69) is 10.3 Å². The Labute approximate surface area is 207 Å². The van der Waals surface area contributed by atoms with E-state index in [0.717, 1.165) is 12.0 Å². The van der Waals surface area contributed by atoms with Gasteiger partial charge in [-0.2, -0.15) is 0 Å². The summed E-state index contributed by atoms with van der Waals surface area (Å²) in [6.45, 7) is 0.633. The highest BCUT2D eigenvalue weighted by Crippen LogP contribution is 2.29. The van der Waals surface area contributed by atoms with Gasteiger partial charge in [0.15, 0.2) is 5.78 Å². The fraction of sp³-hybridized carbons (Fsp3) is 0.111. The van der Waals surface area contributed by atoms with E-state index in [1.807, 2.05) is 25.7 Å². The van der Waals surface area contributed by atoms with Gasteiger partial charge in [-0.05, 0) is 74.2 Å². The minimum absolute atomic E-state index is 0.0680. The number of amides is 1. The van der Waals surface area contributed by atoms with Crippen LogP contribution in [0.1, 0.15) is 26.4 Å². The van der Waals surface area contributed by atoms with E-state index >= 15 is 0 Å². The van der Waals surface area contributed by atoms with Crippen LogP contribution < -0.4 is 9.64 Å². The van der Waals surface area contributed by atoms with Crippen molar-refractivity contribution < 1.29 is 23.5 Å². The van der Waals surface area contributed by atoms with Crippen molar-refractivity contribution in [2.24, 2.45) is 0 Å². The van der Waals surface area contributed by atoms with E-state index in [4.69, 9.17) is 4.74 Å². The Morgan fingerprint density at radius 3 is 2.58 bits per heavy atom. The van der Waals surface area contributed by atoms with Crippen molar-refractivity contribution in [1.29, 1.82) is 0 Å². The molecule has 179 valence electrons. The maximum absolute atomic E-state index is 13.4. The van der Waals surface area contributed by atoms with Crippen molar-refractivity contribution in [3.05, 3.63) is 115 Å². The highest BCUT2D eigenvalue weighted by molar-refractivity contribution is 6.52. The fourth-order valence-corrected chi connectivity index (χ4v) is 3.85. The van der Waals surface area contributed by atoms with Gasteiger partial charge in [-0.25, -0.2) is 4.39 Å². The van der Waals surface area contributed by atoms with Gasteiger partial charge in [0, 0.05) is 18.0 Å². The molecule has 2 aromatic carbocycles. The van der Waals surface area contributed by atoms with E-state index < -0.39 is 17.5 Å². The second-order valence-electron chi connectivity index (χ2n) is 8.15. The Bertz CT molecular complexity index is 1330. The highest BCUT2D eigenvalue weighted by atomic mass is 19.1. The van der Waals surface area contributed by atoms with Crippen molar-refractivity contribution in [3.8, 4) is 5.75 Å². The van der Waals surface area contributed by atoms with E-state index in [9.17, 15) is 18.8 Å². The number of ketones is 2. The maximum atomic E-state index is 13.4. The first-order valence-corrected chi connectivity index (χ1v) is 11.2. The number of Topliss-reactive ketones (excluding diaryl/α,β-unsaturated/α-hetero) is 1. The predicted octanol–water partition coefficient (Wildman–Crippen LogP) is 3.37. The number of hydrogen-bond donors (Lipinski definition) is 0. The third-order valence-corrected chi connectivity index (χ3v) is 5.71. The molecule has 3 aromatic rings. The number of halogens is 1. The lowest BCUT2D eigenvalue weighted by atomic mass is 10.1. The van der Waals surface area contributed by atoms with Crippen LogP contribution in [0.25, 0.3) is 0 Å². The van der Waals surface area contributed by atoms with Crippen LogP contribution in [0, 0.1) is 37.4 Å². The normalized spacial score (nSPS) is 15.8. The Morgan fingerprint density at radius 2 is 1.81 bits per heavy atom. The summed E-state index contributed by atoms with van der Waals surface area (Å²) in [5.41, 5.74) is 1.58. The third-order valence-electron chi connectivity index (χ3n) is 5.71. The summed E-state index contributed by atoms with van der Waals surface area (Å²) >= 11 is 0. The van der Waals surface area contributed by atoms with E-state index in [1.165, 1.54) is 23.1 Å². The topological polar surface area (TPSA) is 94.4 Å². The Kier molecular flexibility index (Phi) is 6.71. The van der Waals surface area contributed by atoms with Gasteiger partial charge in [0.2, 0.25) is 0 Å². The summed E-state index contributed by atoms with van der Waals surface area (Å²) in [6.07, 6.45) is 12.6. The zero-order chi connectivity index (χ0) is 25.1. The van der Waals surface area contributed by atoms with Gasteiger partial charge in [-0.15, -0.1) is 5.10 Å². The molecular weight excluding hydrogens is 463 g/mol. The van der Waals surface area contributed by atoms with E-state index in [-0.39, 0.29) is 31.0 Å². The van der Waals surface area contributed by atoms with Gasteiger partial charge in [0.1, 0.15) is 23.9 Å². The van der Waals surface area contributed by atoms with Crippen LogP contribution in [0.4, 0.5) is 10.1 Å². The van der Waals surface area contributed by atoms with E-state index in [1.54, 1.807) is 41.2 Å². The molecule has 0 saturated heterocycles. The molecule has 5 radical (unpaired) electrons. The summed E-state index contributed by atoms with van der Waals surface area (Å²) in [5, 5.41) is 8.10. The Morgan fingerprint density at radius 1 is 1.03 bits per heavy atom. The molecule has 0 bridgehead atoms. The van der Waals surface area contributed by atoms with Crippen molar-refractivity contribution in [2.45, 2.75) is 13.2 Å². The molecule has 0 spiro atoms. The van der Waals surface area contributed by atoms with Crippen LogP contribution in [0.3, 0.4) is 0 Å². The van der Waals surface area contributed by atoms with Gasteiger partial charge in [0.05, 0.1) is 24.0 Å². The molecule has 1 amide bonds. The number of nitrogens with zero attached hydrogens (tertiary/aromatic N) is 4. The zero-order valence-electron chi connectivity index (χ0n) is 19.0. The summed E-state index contributed by atoms with van der Waals surface area (Å²) < 4.78 is 20.7. The van der Waals surface area contributed by atoms with Crippen molar-refractivity contribution in [1.82, 2.24) is 15.0 Å². The molecule has 0 atom stereocenters. The molecule has 1 aromatic heterocycles. The molecule has 0 N–H and O–H groups in total. The molecule has 8 nitrogen and oxygen atoms in total. The standard InChI is InChI=1S/C27H20FN4O4/c28-20-8-11-24-23(15-20)26(34)27(35)32(24)14-13-31-16-21(29-30-31)17-36-22-9-6-19(7-10-22)25(33)12-5-18-3-1-2-4-18/h1-12,15-16H,13-14,17H2/b12-5+. The number of rotatable bonds is 9. The number of fused-ring (bicyclic) bond motifs is 1. The highest BCUT2D eigenvalue weighted by Gasteiger charge is 2.35. The molecule has 1 saturated carbocycles. The van der Waals surface area contributed by atoms with Crippen LogP contribution in [-0.2, 0) is 17.9 Å². The molecule has 9 heteroatoms. The first-order chi connectivity index (χ1) is 17.5. The number of benzene rings is 2. The minimum atomic E-state index is -0.720. The van der Waals surface area contributed by atoms with Crippen LogP contribution in [0.2, 0.25) is 0 Å². The number of anilines is 1. The van der Waals surface area contributed by atoms with Crippen LogP contribution in [0.5, 0.6) is 5.75 Å². The van der Waals surface area contributed by atoms with Crippen molar-refractivity contribution in [2.75, 3.05) is 11.4 Å². The molecule has 5 rings (SSSR count). The number of ether oxygens (including phenoxy) is 1. The second kappa shape index (κ2) is 10.2. The smallest absolute Gasteiger partial charge is 0.299 e.